The zero-order chi connectivity index (χ0) is 28.0. The van der Waals surface area contributed by atoms with Gasteiger partial charge in [-0.2, -0.15) is 17.6 Å². The molecule has 0 saturated heterocycles. The van der Waals surface area contributed by atoms with E-state index in [1.165, 1.54) is 12.8 Å². The van der Waals surface area contributed by atoms with Gasteiger partial charge in [0.1, 0.15) is 0 Å². The van der Waals surface area contributed by atoms with Crippen molar-refractivity contribution in [2.24, 2.45) is 0 Å². The molecule has 0 aliphatic heterocycles. The number of esters is 2. The highest BCUT2D eigenvalue weighted by Crippen LogP contribution is 2.29. The summed E-state index contributed by atoms with van der Waals surface area (Å²) in [5.41, 5.74) is 0. The Morgan fingerprint density at radius 1 is 0.543 bits per heavy atom. The molecule has 0 aliphatic rings. The first-order valence-electron chi connectivity index (χ1n) is 9.83. The average molecular weight is 522 g/mol. The van der Waals surface area contributed by atoms with Crippen LogP contribution in [0.25, 0.3) is 0 Å². The van der Waals surface area contributed by atoms with Crippen LogP contribution in [0.5, 0.6) is 11.5 Å². The van der Waals surface area contributed by atoms with Crippen LogP contribution in [0.4, 0.5) is 39.5 Å². The SMILES string of the molecule is CC(=O)Oc1c(F)c(F)c(F)c(F)c1F.CC(=O)Oc1c(F)c(F)cc(F)c1F.CCC.CCC. The van der Waals surface area contributed by atoms with Crippen molar-refractivity contribution in [1.29, 1.82) is 0 Å². The molecule has 0 radical (unpaired) electrons. The maximum Gasteiger partial charge on any atom is 0.308 e. The Balaban J connectivity index is 0. The number of hydrogen-bond acceptors (Lipinski definition) is 4. The molecule has 0 aromatic heterocycles. The Morgan fingerprint density at radius 3 is 1.03 bits per heavy atom. The molecule has 0 fully saturated rings. The molecule has 2 aromatic rings. The van der Waals surface area contributed by atoms with Gasteiger partial charge in [-0.3, -0.25) is 9.59 Å². The molecule has 198 valence electrons. The normalized spacial score (nSPS) is 9.46. The van der Waals surface area contributed by atoms with Gasteiger partial charge < -0.3 is 9.47 Å². The van der Waals surface area contributed by atoms with Crippen LogP contribution in [-0.4, -0.2) is 11.9 Å². The number of ether oxygens (including phenoxy) is 2. The summed E-state index contributed by atoms with van der Waals surface area (Å²) in [7, 11) is 0. The smallest absolute Gasteiger partial charge is 0.308 e. The van der Waals surface area contributed by atoms with Crippen molar-refractivity contribution in [2.45, 2.75) is 54.4 Å². The molecule has 0 atom stereocenters. The van der Waals surface area contributed by atoms with Gasteiger partial charge in [-0.05, 0) is 0 Å². The van der Waals surface area contributed by atoms with E-state index in [1.54, 1.807) is 0 Å². The summed E-state index contributed by atoms with van der Waals surface area (Å²) >= 11 is 0. The topological polar surface area (TPSA) is 52.6 Å². The second-order valence-corrected chi connectivity index (χ2v) is 6.30. The van der Waals surface area contributed by atoms with E-state index < -0.39 is 75.8 Å². The van der Waals surface area contributed by atoms with E-state index in [9.17, 15) is 49.1 Å². The van der Waals surface area contributed by atoms with E-state index in [4.69, 9.17) is 0 Å². The fraction of sp³-hybridized carbons (Fsp3) is 0.364. The van der Waals surface area contributed by atoms with Crippen molar-refractivity contribution in [3.05, 3.63) is 58.4 Å². The molecule has 0 unspecified atom stereocenters. The number of benzene rings is 2. The van der Waals surface area contributed by atoms with Crippen molar-refractivity contribution in [2.75, 3.05) is 0 Å². The van der Waals surface area contributed by atoms with Crippen LogP contribution < -0.4 is 9.47 Å². The Morgan fingerprint density at radius 2 is 0.771 bits per heavy atom. The van der Waals surface area contributed by atoms with E-state index in [-0.39, 0.29) is 6.07 Å². The number of carbonyl (C=O) groups excluding carboxylic acids is 2. The van der Waals surface area contributed by atoms with Gasteiger partial charge in [-0.15, -0.1) is 0 Å². The summed E-state index contributed by atoms with van der Waals surface area (Å²) in [6.07, 6.45) is 2.50. The van der Waals surface area contributed by atoms with Gasteiger partial charge in [0.05, 0.1) is 0 Å². The molecule has 0 heterocycles. The predicted molar refractivity (Wildman–Crippen MR) is 107 cm³/mol. The molecular formula is C22H23F9O4. The summed E-state index contributed by atoms with van der Waals surface area (Å²) in [4.78, 5) is 20.7. The van der Waals surface area contributed by atoms with Gasteiger partial charge >= 0.3 is 11.9 Å². The minimum Gasteiger partial charge on any atom is -0.420 e. The van der Waals surface area contributed by atoms with Gasteiger partial charge in [-0.25, -0.2) is 22.0 Å². The highest BCUT2D eigenvalue weighted by atomic mass is 19.2. The van der Waals surface area contributed by atoms with Crippen LogP contribution in [0, 0.1) is 52.4 Å². The molecule has 0 aliphatic carbocycles. The molecule has 2 aromatic carbocycles. The van der Waals surface area contributed by atoms with Crippen LogP contribution in [0.15, 0.2) is 6.07 Å². The zero-order valence-corrected chi connectivity index (χ0v) is 19.5. The number of hydrogen-bond donors (Lipinski definition) is 0. The first-order valence-corrected chi connectivity index (χ1v) is 9.83. The third-order valence-electron chi connectivity index (χ3n) is 2.73. The Bertz CT molecular complexity index is 954. The minimum absolute atomic E-state index is 0.0255. The fourth-order valence-corrected chi connectivity index (χ4v) is 1.60. The van der Waals surface area contributed by atoms with Crippen molar-refractivity contribution in [3.63, 3.8) is 0 Å². The highest BCUT2D eigenvalue weighted by Gasteiger charge is 2.27. The van der Waals surface area contributed by atoms with Crippen LogP contribution in [0.1, 0.15) is 54.4 Å². The molecule has 0 N–H and O–H groups in total. The van der Waals surface area contributed by atoms with Gasteiger partial charge in [0.25, 0.3) is 0 Å². The molecule has 13 heteroatoms. The Labute approximate surface area is 195 Å². The third-order valence-corrected chi connectivity index (χ3v) is 2.73. The lowest BCUT2D eigenvalue weighted by Crippen LogP contribution is -2.10. The summed E-state index contributed by atoms with van der Waals surface area (Å²) in [5, 5.41) is 0. The number of halogens is 9. The van der Waals surface area contributed by atoms with Crippen LogP contribution in [-0.2, 0) is 9.59 Å². The second-order valence-electron chi connectivity index (χ2n) is 6.30. The van der Waals surface area contributed by atoms with Crippen molar-refractivity contribution < 1.29 is 58.6 Å². The van der Waals surface area contributed by atoms with Gasteiger partial charge in [0, 0.05) is 19.9 Å². The second kappa shape index (κ2) is 16.4. The lowest BCUT2D eigenvalue weighted by molar-refractivity contribution is -0.133. The average Bonchev–Trinajstić information content (AvgIpc) is 2.77. The van der Waals surface area contributed by atoms with Crippen molar-refractivity contribution in [3.8, 4) is 11.5 Å². The van der Waals surface area contributed by atoms with E-state index in [1.807, 2.05) is 0 Å². The summed E-state index contributed by atoms with van der Waals surface area (Å²) in [6.45, 7) is 10.1. The first-order chi connectivity index (χ1) is 16.1. The Kier molecular flexibility index (Phi) is 15.9. The zero-order valence-electron chi connectivity index (χ0n) is 19.5. The van der Waals surface area contributed by atoms with E-state index >= 15 is 0 Å². The van der Waals surface area contributed by atoms with Crippen molar-refractivity contribution in [1.82, 2.24) is 0 Å². The maximum absolute atomic E-state index is 12.8. The van der Waals surface area contributed by atoms with Gasteiger partial charge in [-0.1, -0.05) is 40.5 Å². The van der Waals surface area contributed by atoms with Gasteiger partial charge in [0.15, 0.2) is 11.6 Å². The van der Waals surface area contributed by atoms with E-state index in [0.29, 0.717) is 0 Å². The van der Waals surface area contributed by atoms with E-state index in [2.05, 4.69) is 37.2 Å². The minimum atomic E-state index is -2.30. The molecule has 0 amide bonds. The number of rotatable bonds is 2. The van der Waals surface area contributed by atoms with Crippen LogP contribution in [0.3, 0.4) is 0 Å². The standard InChI is InChI=1S/C8H3F5O2.C8H4F4O2.2C3H8/c1-2(14)15-8-6(12)4(10)3(9)5(11)7(8)13;1-3(13)14-8-6(11)4(9)2-5(10)7(8)12;2*1-3-2/h1H3;2H,1H3;2*3H2,1-2H3. The monoisotopic (exact) mass is 522 g/mol. The van der Waals surface area contributed by atoms with Crippen molar-refractivity contribution >= 4 is 11.9 Å². The summed E-state index contributed by atoms with van der Waals surface area (Å²) < 4.78 is 121. The lowest BCUT2D eigenvalue weighted by atomic mass is 10.2. The maximum atomic E-state index is 12.8. The lowest BCUT2D eigenvalue weighted by Gasteiger charge is -2.06. The predicted octanol–water partition coefficient (Wildman–Crippen LogP) is 7.31. The molecule has 0 bridgehead atoms. The number of carbonyl (C=O) groups is 2. The molecule has 0 spiro atoms. The molecule has 4 nitrogen and oxygen atoms in total. The highest BCUT2D eigenvalue weighted by molar-refractivity contribution is 5.69. The fourth-order valence-electron chi connectivity index (χ4n) is 1.60. The summed E-state index contributed by atoms with van der Waals surface area (Å²) in [5.74, 6) is -22.9. The molecule has 0 saturated carbocycles. The van der Waals surface area contributed by atoms with Crippen LogP contribution >= 0.6 is 0 Å². The van der Waals surface area contributed by atoms with Gasteiger partial charge in [0.2, 0.25) is 52.2 Å². The third kappa shape index (κ3) is 10.7. The Hall–Kier alpha value is -3.25. The van der Waals surface area contributed by atoms with E-state index in [0.717, 1.165) is 13.8 Å². The first kappa shape index (κ1) is 33.9. The molecule has 2 rings (SSSR count). The quantitative estimate of drug-likeness (QED) is 0.137. The van der Waals surface area contributed by atoms with Crippen LogP contribution in [0.2, 0.25) is 0 Å². The summed E-state index contributed by atoms with van der Waals surface area (Å²) in [6, 6.07) is 0.0255. The largest absolute Gasteiger partial charge is 0.420 e. The molecule has 35 heavy (non-hydrogen) atoms. The molecular weight excluding hydrogens is 499 g/mol.